The smallest absolute Gasteiger partial charge is 0.0671 e. The number of rotatable bonds is 4. The minimum Gasteiger partial charge on any atom is -0.313 e. The molecule has 0 fully saturated rings. The van der Waals surface area contributed by atoms with Crippen LogP contribution in [-0.4, -0.2) is 12.6 Å². The van der Waals surface area contributed by atoms with Crippen LogP contribution < -0.4 is 5.32 Å². The van der Waals surface area contributed by atoms with E-state index >= 15 is 0 Å². The zero-order valence-electron chi connectivity index (χ0n) is 7.89. The van der Waals surface area contributed by atoms with E-state index in [0.29, 0.717) is 12.0 Å². The zero-order valence-corrected chi connectivity index (χ0v) is 7.89. The summed E-state index contributed by atoms with van der Waals surface area (Å²) in [5.41, 5.74) is 0. The summed E-state index contributed by atoms with van der Waals surface area (Å²) in [5, 5.41) is 12.0. The molecular formula is C9H18N2. The molecule has 0 bridgehead atoms. The van der Waals surface area contributed by atoms with Gasteiger partial charge in [-0.2, -0.15) is 5.26 Å². The van der Waals surface area contributed by atoms with Gasteiger partial charge in [-0.15, -0.1) is 0 Å². The lowest BCUT2D eigenvalue weighted by atomic mass is 9.97. The standard InChI is InChI=1S/C9H18N2/c1-7(2)9(5-10)6-11-8(3)4/h7-9,11H,6H2,1-4H3. The Labute approximate surface area is 69.6 Å². The Kier molecular flexibility index (Phi) is 4.89. The Balaban J connectivity index is 3.64. The van der Waals surface area contributed by atoms with E-state index in [0.717, 1.165) is 6.54 Å². The summed E-state index contributed by atoms with van der Waals surface area (Å²) < 4.78 is 0. The summed E-state index contributed by atoms with van der Waals surface area (Å²) in [4.78, 5) is 0. The molecule has 0 aromatic rings. The number of nitrogens with one attached hydrogen (secondary N) is 1. The van der Waals surface area contributed by atoms with E-state index in [-0.39, 0.29) is 5.92 Å². The van der Waals surface area contributed by atoms with Crippen LogP contribution in [0.15, 0.2) is 0 Å². The normalized spacial score (nSPS) is 13.5. The summed E-state index contributed by atoms with van der Waals surface area (Å²) in [6, 6.07) is 2.77. The molecule has 0 aliphatic heterocycles. The van der Waals surface area contributed by atoms with E-state index in [2.05, 4.69) is 39.1 Å². The van der Waals surface area contributed by atoms with Gasteiger partial charge in [0.25, 0.3) is 0 Å². The average Bonchev–Trinajstić information content (AvgIpc) is 1.87. The predicted molar refractivity (Wildman–Crippen MR) is 47.1 cm³/mol. The third-order valence-corrected chi connectivity index (χ3v) is 1.72. The van der Waals surface area contributed by atoms with Crippen molar-refractivity contribution in [1.82, 2.24) is 5.32 Å². The van der Waals surface area contributed by atoms with E-state index in [1.165, 1.54) is 0 Å². The maximum absolute atomic E-state index is 8.72. The molecule has 0 radical (unpaired) electrons. The van der Waals surface area contributed by atoms with Crippen molar-refractivity contribution in [3.63, 3.8) is 0 Å². The fourth-order valence-corrected chi connectivity index (χ4v) is 0.793. The molecule has 1 N–H and O–H groups in total. The molecule has 0 aliphatic carbocycles. The van der Waals surface area contributed by atoms with Gasteiger partial charge in [-0.05, 0) is 5.92 Å². The fourth-order valence-electron chi connectivity index (χ4n) is 0.793. The molecule has 2 nitrogen and oxygen atoms in total. The summed E-state index contributed by atoms with van der Waals surface area (Å²) in [6.07, 6.45) is 0. The molecule has 11 heavy (non-hydrogen) atoms. The van der Waals surface area contributed by atoms with E-state index in [1.807, 2.05) is 0 Å². The van der Waals surface area contributed by atoms with Crippen molar-refractivity contribution in [3.8, 4) is 6.07 Å². The predicted octanol–water partition coefficient (Wildman–Crippen LogP) is 1.78. The van der Waals surface area contributed by atoms with Gasteiger partial charge in [0.15, 0.2) is 0 Å². The molecule has 0 heterocycles. The molecule has 0 aliphatic rings. The summed E-state index contributed by atoms with van der Waals surface area (Å²) >= 11 is 0. The van der Waals surface area contributed by atoms with Crippen molar-refractivity contribution in [2.45, 2.75) is 33.7 Å². The zero-order chi connectivity index (χ0) is 8.85. The Hall–Kier alpha value is -0.550. The molecule has 0 spiro atoms. The molecule has 2 heteroatoms. The number of nitrogens with zero attached hydrogens (tertiary/aromatic N) is 1. The van der Waals surface area contributed by atoms with Crippen molar-refractivity contribution in [1.29, 1.82) is 5.26 Å². The largest absolute Gasteiger partial charge is 0.313 e. The lowest BCUT2D eigenvalue weighted by Crippen LogP contribution is -2.30. The highest BCUT2D eigenvalue weighted by molar-refractivity contribution is 4.86. The van der Waals surface area contributed by atoms with Crippen LogP contribution in [0.4, 0.5) is 0 Å². The summed E-state index contributed by atoms with van der Waals surface area (Å²) in [5.74, 6) is 0.601. The highest BCUT2D eigenvalue weighted by Gasteiger charge is 2.11. The van der Waals surface area contributed by atoms with Crippen LogP contribution in [0.5, 0.6) is 0 Å². The maximum atomic E-state index is 8.72. The quantitative estimate of drug-likeness (QED) is 0.670. The molecule has 0 amide bonds. The topological polar surface area (TPSA) is 35.8 Å². The highest BCUT2D eigenvalue weighted by Crippen LogP contribution is 2.07. The SMILES string of the molecule is CC(C)NCC(C#N)C(C)C. The van der Waals surface area contributed by atoms with Crippen LogP contribution in [0, 0.1) is 23.2 Å². The Morgan fingerprint density at radius 1 is 1.27 bits per heavy atom. The van der Waals surface area contributed by atoms with Gasteiger partial charge in [-0.3, -0.25) is 0 Å². The second-order valence-corrected chi connectivity index (χ2v) is 3.54. The van der Waals surface area contributed by atoms with Gasteiger partial charge in [0.05, 0.1) is 12.0 Å². The van der Waals surface area contributed by atoms with Crippen molar-refractivity contribution in [2.75, 3.05) is 6.54 Å². The van der Waals surface area contributed by atoms with Crippen molar-refractivity contribution < 1.29 is 0 Å². The second-order valence-electron chi connectivity index (χ2n) is 3.54. The number of nitriles is 1. The molecule has 0 saturated heterocycles. The van der Waals surface area contributed by atoms with E-state index in [4.69, 9.17) is 5.26 Å². The van der Waals surface area contributed by atoms with Crippen molar-refractivity contribution in [3.05, 3.63) is 0 Å². The minimum absolute atomic E-state index is 0.150. The first-order chi connectivity index (χ1) is 5.07. The van der Waals surface area contributed by atoms with Crippen LogP contribution in [0.2, 0.25) is 0 Å². The molecule has 1 unspecified atom stereocenters. The van der Waals surface area contributed by atoms with Gasteiger partial charge in [-0.1, -0.05) is 27.7 Å². The minimum atomic E-state index is 0.150. The number of hydrogen-bond donors (Lipinski definition) is 1. The molecular weight excluding hydrogens is 136 g/mol. The van der Waals surface area contributed by atoms with Crippen molar-refractivity contribution >= 4 is 0 Å². The molecule has 1 atom stereocenters. The van der Waals surface area contributed by atoms with E-state index < -0.39 is 0 Å². The molecule has 0 aromatic heterocycles. The Morgan fingerprint density at radius 3 is 2.09 bits per heavy atom. The Bertz CT molecular complexity index is 133. The second kappa shape index (κ2) is 5.15. The van der Waals surface area contributed by atoms with Gasteiger partial charge in [0.2, 0.25) is 0 Å². The maximum Gasteiger partial charge on any atom is 0.0671 e. The Morgan fingerprint density at radius 2 is 1.82 bits per heavy atom. The third kappa shape index (κ3) is 4.80. The first kappa shape index (κ1) is 10.4. The van der Waals surface area contributed by atoms with Gasteiger partial charge in [0, 0.05) is 12.6 Å². The van der Waals surface area contributed by atoms with Gasteiger partial charge in [-0.25, -0.2) is 0 Å². The highest BCUT2D eigenvalue weighted by atomic mass is 14.9. The van der Waals surface area contributed by atoms with Crippen LogP contribution >= 0.6 is 0 Å². The lowest BCUT2D eigenvalue weighted by Gasteiger charge is -2.15. The summed E-state index contributed by atoms with van der Waals surface area (Å²) in [6.45, 7) is 9.15. The average molecular weight is 154 g/mol. The fraction of sp³-hybridized carbons (Fsp3) is 0.889. The van der Waals surface area contributed by atoms with Gasteiger partial charge in [0.1, 0.15) is 0 Å². The monoisotopic (exact) mass is 154 g/mol. The van der Waals surface area contributed by atoms with Crippen LogP contribution in [0.25, 0.3) is 0 Å². The summed E-state index contributed by atoms with van der Waals surface area (Å²) in [7, 11) is 0. The lowest BCUT2D eigenvalue weighted by molar-refractivity contribution is 0.423. The molecule has 0 saturated carbocycles. The van der Waals surface area contributed by atoms with Crippen molar-refractivity contribution in [2.24, 2.45) is 11.8 Å². The number of hydrogen-bond acceptors (Lipinski definition) is 2. The van der Waals surface area contributed by atoms with Gasteiger partial charge < -0.3 is 5.32 Å². The molecule has 0 rings (SSSR count). The third-order valence-electron chi connectivity index (χ3n) is 1.72. The molecule has 0 aromatic carbocycles. The van der Waals surface area contributed by atoms with E-state index in [9.17, 15) is 0 Å². The van der Waals surface area contributed by atoms with Crippen LogP contribution in [-0.2, 0) is 0 Å². The van der Waals surface area contributed by atoms with Gasteiger partial charge >= 0.3 is 0 Å². The first-order valence-corrected chi connectivity index (χ1v) is 4.21. The molecule has 64 valence electrons. The van der Waals surface area contributed by atoms with E-state index in [1.54, 1.807) is 0 Å². The first-order valence-electron chi connectivity index (χ1n) is 4.21. The van der Waals surface area contributed by atoms with Crippen LogP contribution in [0.1, 0.15) is 27.7 Å². The van der Waals surface area contributed by atoms with Crippen LogP contribution in [0.3, 0.4) is 0 Å².